The maximum Gasteiger partial charge on any atom is 0.00218 e. The molecule has 2 rings (SSSR count). The quantitative estimate of drug-likeness (QED) is 0.724. The fourth-order valence-corrected chi connectivity index (χ4v) is 2.17. The third-order valence-electron chi connectivity index (χ3n) is 3.10. The zero-order chi connectivity index (χ0) is 10.5. The van der Waals surface area contributed by atoms with Crippen molar-refractivity contribution < 1.29 is 0 Å². The Morgan fingerprint density at radius 1 is 1.27 bits per heavy atom. The molecule has 0 radical (unpaired) electrons. The van der Waals surface area contributed by atoms with Crippen LogP contribution in [0.1, 0.15) is 24.0 Å². The molecule has 0 saturated carbocycles. The lowest BCUT2D eigenvalue weighted by Crippen LogP contribution is -2.21. The number of hydrogen-bond acceptors (Lipinski definition) is 1. The summed E-state index contributed by atoms with van der Waals surface area (Å²) in [5.41, 5.74) is 2.66. The first-order valence-electron chi connectivity index (χ1n) is 5.82. The molecule has 1 heterocycles. The first-order valence-corrected chi connectivity index (χ1v) is 5.82. The molecule has 0 unspecified atom stereocenters. The van der Waals surface area contributed by atoms with Crippen LogP contribution in [0.25, 0.3) is 6.08 Å². The highest BCUT2D eigenvalue weighted by atomic mass is 15.1. The van der Waals surface area contributed by atoms with Crippen molar-refractivity contribution in [3.63, 3.8) is 0 Å². The minimum absolute atomic E-state index is 1.17. The van der Waals surface area contributed by atoms with Crippen molar-refractivity contribution in [2.24, 2.45) is 0 Å². The Kier molecular flexibility index (Phi) is 3.57. The molecule has 0 bridgehead atoms. The lowest BCUT2D eigenvalue weighted by atomic mass is 10.1. The van der Waals surface area contributed by atoms with E-state index in [9.17, 15) is 0 Å². The van der Waals surface area contributed by atoms with E-state index in [1.54, 1.807) is 0 Å². The molecule has 1 aromatic carbocycles. The molecule has 1 aromatic rings. The minimum atomic E-state index is 1.17. The summed E-state index contributed by atoms with van der Waals surface area (Å²) in [6.07, 6.45) is 5.85. The molecule has 0 amide bonds. The summed E-state index contributed by atoms with van der Waals surface area (Å²) in [5.74, 6) is 0. The van der Waals surface area contributed by atoms with Crippen LogP contribution < -0.4 is 0 Å². The third-order valence-corrected chi connectivity index (χ3v) is 3.10. The second kappa shape index (κ2) is 5.13. The van der Waals surface area contributed by atoms with E-state index < -0.39 is 0 Å². The molecule has 0 aromatic heterocycles. The van der Waals surface area contributed by atoms with Crippen molar-refractivity contribution in [3.8, 4) is 0 Å². The van der Waals surface area contributed by atoms with Crippen LogP contribution in [0.3, 0.4) is 0 Å². The van der Waals surface area contributed by atoms with Gasteiger partial charge >= 0.3 is 0 Å². The van der Waals surface area contributed by atoms with Crippen LogP contribution in [0.15, 0.2) is 30.8 Å². The second-order valence-electron chi connectivity index (χ2n) is 4.25. The fraction of sp³-hybridized carbons (Fsp3) is 0.429. The summed E-state index contributed by atoms with van der Waals surface area (Å²) in [6, 6.07) is 8.68. The predicted molar refractivity (Wildman–Crippen MR) is 65.9 cm³/mol. The summed E-state index contributed by atoms with van der Waals surface area (Å²) < 4.78 is 0. The van der Waals surface area contributed by atoms with Gasteiger partial charge in [0.2, 0.25) is 0 Å². The lowest BCUT2D eigenvalue weighted by molar-refractivity contribution is 0.343. The molecule has 15 heavy (non-hydrogen) atoms. The molecule has 0 N–H and O–H groups in total. The van der Waals surface area contributed by atoms with Crippen molar-refractivity contribution >= 4 is 6.08 Å². The maximum absolute atomic E-state index is 3.80. The zero-order valence-electron chi connectivity index (χ0n) is 9.28. The van der Waals surface area contributed by atoms with Gasteiger partial charge in [-0.1, -0.05) is 36.9 Å². The van der Waals surface area contributed by atoms with E-state index in [4.69, 9.17) is 0 Å². The third kappa shape index (κ3) is 2.93. The average molecular weight is 201 g/mol. The van der Waals surface area contributed by atoms with Crippen LogP contribution in [0, 0.1) is 0 Å². The van der Waals surface area contributed by atoms with E-state index in [-0.39, 0.29) is 0 Å². The van der Waals surface area contributed by atoms with Gasteiger partial charge in [-0.3, -0.25) is 0 Å². The number of likely N-dealkylation sites (tertiary alicyclic amines) is 1. The van der Waals surface area contributed by atoms with E-state index in [0.29, 0.717) is 0 Å². The Hall–Kier alpha value is -1.08. The van der Waals surface area contributed by atoms with Gasteiger partial charge in [0.05, 0.1) is 0 Å². The predicted octanol–water partition coefficient (Wildman–Crippen LogP) is 2.97. The minimum Gasteiger partial charge on any atom is -0.303 e. The van der Waals surface area contributed by atoms with E-state index in [1.165, 1.54) is 50.0 Å². The molecule has 0 atom stereocenters. The van der Waals surface area contributed by atoms with Crippen molar-refractivity contribution in [1.82, 2.24) is 4.90 Å². The van der Waals surface area contributed by atoms with E-state index in [0.717, 1.165) is 0 Å². The normalized spacial score (nSPS) is 16.8. The van der Waals surface area contributed by atoms with Crippen LogP contribution in [-0.4, -0.2) is 24.5 Å². The van der Waals surface area contributed by atoms with Gasteiger partial charge in [0, 0.05) is 6.54 Å². The number of nitrogens with zero attached hydrogens (tertiary/aromatic N) is 1. The number of benzene rings is 1. The Morgan fingerprint density at radius 2 is 2.07 bits per heavy atom. The van der Waals surface area contributed by atoms with Crippen molar-refractivity contribution in [2.75, 3.05) is 19.6 Å². The first kappa shape index (κ1) is 10.4. The van der Waals surface area contributed by atoms with Crippen molar-refractivity contribution in [1.29, 1.82) is 0 Å². The molecule has 1 saturated heterocycles. The highest BCUT2D eigenvalue weighted by molar-refractivity contribution is 5.47. The standard InChI is InChI=1S/C14H19N/c1-2-13-6-5-7-14(12-13)8-11-15-9-3-4-10-15/h2,5-7,12H,1,3-4,8-11H2. The molecule has 1 heteroatoms. The molecule has 0 aliphatic carbocycles. The first-order chi connectivity index (χ1) is 7.38. The van der Waals surface area contributed by atoms with Crippen molar-refractivity contribution in [3.05, 3.63) is 42.0 Å². The topological polar surface area (TPSA) is 3.24 Å². The van der Waals surface area contributed by atoms with Gasteiger partial charge in [-0.05, 0) is 43.5 Å². The van der Waals surface area contributed by atoms with Crippen LogP contribution in [0.4, 0.5) is 0 Å². The summed E-state index contributed by atoms with van der Waals surface area (Å²) in [5, 5.41) is 0. The van der Waals surface area contributed by atoms with Crippen LogP contribution in [0.2, 0.25) is 0 Å². The maximum atomic E-state index is 3.80. The number of hydrogen-bond donors (Lipinski definition) is 0. The molecule has 1 aliphatic rings. The van der Waals surface area contributed by atoms with E-state index in [1.807, 2.05) is 6.08 Å². The summed E-state index contributed by atoms with van der Waals surface area (Å²) in [6.45, 7) is 7.59. The molecule has 1 fully saturated rings. The molecule has 80 valence electrons. The monoisotopic (exact) mass is 201 g/mol. The Balaban J connectivity index is 1.89. The largest absolute Gasteiger partial charge is 0.303 e. The Bertz CT molecular complexity index is 324. The van der Waals surface area contributed by atoms with Gasteiger partial charge in [0.1, 0.15) is 0 Å². The zero-order valence-corrected chi connectivity index (χ0v) is 9.28. The molecule has 0 spiro atoms. The SMILES string of the molecule is C=Cc1cccc(CCN2CCCC2)c1. The van der Waals surface area contributed by atoms with Crippen LogP contribution in [0.5, 0.6) is 0 Å². The van der Waals surface area contributed by atoms with E-state index in [2.05, 4.69) is 35.7 Å². The molecule has 1 nitrogen and oxygen atoms in total. The lowest BCUT2D eigenvalue weighted by Gasteiger charge is -2.14. The van der Waals surface area contributed by atoms with Gasteiger partial charge in [-0.15, -0.1) is 0 Å². The van der Waals surface area contributed by atoms with Gasteiger partial charge in [-0.25, -0.2) is 0 Å². The van der Waals surface area contributed by atoms with Crippen molar-refractivity contribution in [2.45, 2.75) is 19.3 Å². The summed E-state index contributed by atoms with van der Waals surface area (Å²) in [4.78, 5) is 2.56. The molecular weight excluding hydrogens is 182 g/mol. The van der Waals surface area contributed by atoms with Gasteiger partial charge in [-0.2, -0.15) is 0 Å². The fourth-order valence-electron chi connectivity index (χ4n) is 2.17. The second-order valence-corrected chi connectivity index (χ2v) is 4.25. The molecular formula is C14H19N. The van der Waals surface area contributed by atoms with Gasteiger partial charge in [0.15, 0.2) is 0 Å². The average Bonchev–Trinajstić information content (AvgIpc) is 2.79. The Labute approximate surface area is 92.4 Å². The van der Waals surface area contributed by atoms with Crippen LogP contribution >= 0.6 is 0 Å². The summed E-state index contributed by atoms with van der Waals surface area (Å²) >= 11 is 0. The van der Waals surface area contributed by atoms with Crippen LogP contribution in [-0.2, 0) is 6.42 Å². The van der Waals surface area contributed by atoms with Gasteiger partial charge < -0.3 is 4.90 Å². The highest BCUT2D eigenvalue weighted by Crippen LogP contribution is 2.11. The van der Waals surface area contributed by atoms with E-state index >= 15 is 0 Å². The highest BCUT2D eigenvalue weighted by Gasteiger charge is 2.10. The smallest absolute Gasteiger partial charge is 0.00218 e. The number of rotatable bonds is 4. The molecule has 1 aliphatic heterocycles. The van der Waals surface area contributed by atoms with Gasteiger partial charge in [0.25, 0.3) is 0 Å². The summed E-state index contributed by atoms with van der Waals surface area (Å²) in [7, 11) is 0. The Morgan fingerprint density at radius 3 is 2.80 bits per heavy atom.